The second-order valence-corrected chi connectivity index (χ2v) is 5.47. The lowest BCUT2D eigenvalue weighted by Crippen LogP contribution is -2.40. The number of urea groups is 1. The predicted octanol–water partition coefficient (Wildman–Crippen LogP) is 3.43. The number of hydrogen-bond acceptors (Lipinski definition) is 2. The number of methoxy groups -OCH3 is 1. The van der Waals surface area contributed by atoms with Crippen molar-refractivity contribution in [2.45, 2.75) is 13.0 Å². The normalized spacial score (nSPS) is 13.7. The fourth-order valence-corrected chi connectivity index (χ4v) is 2.77. The molecule has 23 heavy (non-hydrogen) atoms. The van der Waals surface area contributed by atoms with E-state index in [1.54, 1.807) is 13.3 Å². The van der Waals surface area contributed by atoms with Gasteiger partial charge in [0.05, 0.1) is 7.11 Å². The van der Waals surface area contributed by atoms with Crippen LogP contribution in [0.2, 0.25) is 0 Å². The summed E-state index contributed by atoms with van der Waals surface area (Å²) >= 11 is 0. The number of benzene rings is 2. The Morgan fingerprint density at radius 2 is 1.87 bits per heavy atom. The van der Waals surface area contributed by atoms with E-state index >= 15 is 0 Å². The fraction of sp³-hybridized carbons (Fsp3) is 0.211. The molecule has 2 amide bonds. The Hall–Kier alpha value is -2.75. The third-order valence-electron chi connectivity index (χ3n) is 4.03. The number of fused-ring (bicyclic) bond motifs is 1. The maximum atomic E-state index is 12.3. The molecule has 2 aromatic carbocycles. The molecule has 1 aliphatic heterocycles. The van der Waals surface area contributed by atoms with Crippen molar-refractivity contribution < 1.29 is 9.53 Å². The molecule has 3 rings (SSSR count). The smallest absolute Gasteiger partial charge is 0.321 e. The average molecular weight is 308 g/mol. The van der Waals surface area contributed by atoms with Crippen molar-refractivity contribution >= 4 is 12.1 Å². The Kier molecular flexibility index (Phi) is 4.62. The van der Waals surface area contributed by atoms with E-state index in [9.17, 15) is 4.79 Å². The summed E-state index contributed by atoms with van der Waals surface area (Å²) in [4.78, 5) is 14.1. The Labute approximate surface area is 136 Å². The minimum Gasteiger partial charge on any atom is -0.496 e. The van der Waals surface area contributed by atoms with E-state index < -0.39 is 0 Å². The third kappa shape index (κ3) is 3.54. The summed E-state index contributed by atoms with van der Waals surface area (Å²) in [6, 6.07) is 15.9. The molecule has 0 unspecified atom stereocenters. The number of amides is 2. The van der Waals surface area contributed by atoms with Crippen molar-refractivity contribution in [3.63, 3.8) is 0 Å². The summed E-state index contributed by atoms with van der Waals surface area (Å²) in [6.45, 7) is 1.40. The zero-order chi connectivity index (χ0) is 16.1. The van der Waals surface area contributed by atoms with Crippen LogP contribution in [-0.4, -0.2) is 24.6 Å². The number of rotatable bonds is 3. The summed E-state index contributed by atoms with van der Waals surface area (Å²) in [6.07, 6.45) is 4.41. The highest BCUT2D eigenvalue weighted by Crippen LogP contribution is 2.19. The molecule has 2 aromatic rings. The zero-order valence-corrected chi connectivity index (χ0v) is 13.2. The Morgan fingerprint density at radius 1 is 1.13 bits per heavy atom. The molecular weight excluding hydrogens is 288 g/mol. The van der Waals surface area contributed by atoms with Crippen molar-refractivity contribution in [3.05, 3.63) is 71.4 Å². The van der Waals surface area contributed by atoms with Gasteiger partial charge in [-0.15, -0.1) is 0 Å². The van der Waals surface area contributed by atoms with Crippen LogP contribution in [-0.2, 0) is 13.0 Å². The second kappa shape index (κ2) is 7.01. The SMILES string of the molecule is COc1ccccc1/C=C/NC(=O)N1CCc2ccccc2C1. The quantitative estimate of drug-likeness (QED) is 0.944. The van der Waals surface area contributed by atoms with Gasteiger partial charge in [-0.2, -0.15) is 0 Å². The summed E-state index contributed by atoms with van der Waals surface area (Å²) in [5.41, 5.74) is 3.49. The average Bonchev–Trinajstić information content (AvgIpc) is 2.61. The van der Waals surface area contributed by atoms with E-state index in [-0.39, 0.29) is 6.03 Å². The van der Waals surface area contributed by atoms with E-state index in [0.717, 1.165) is 24.3 Å². The molecule has 0 saturated carbocycles. The number of nitrogens with one attached hydrogen (secondary N) is 1. The molecule has 118 valence electrons. The Morgan fingerprint density at radius 3 is 2.70 bits per heavy atom. The number of hydrogen-bond donors (Lipinski definition) is 1. The number of carbonyl (C=O) groups excluding carboxylic acids is 1. The van der Waals surface area contributed by atoms with Gasteiger partial charge < -0.3 is 15.0 Å². The van der Waals surface area contributed by atoms with Gasteiger partial charge in [0.25, 0.3) is 0 Å². The van der Waals surface area contributed by atoms with Crippen LogP contribution >= 0.6 is 0 Å². The van der Waals surface area contributed by atoms with Crippen molar-refractivity contribution in [1.82, 2.24) is 10.2 Å². The number of para-hydroxylation sites is 1. The molecule has 0 fully saturated rings. The molecule has 0 aromatic heterocycles. The number of carbonyl (C=O) groups is 1. The van der Waals surface area contributed by atoms with E-state index in [0.29, 0.717) is 6.54 Å². The first-order valence-electron chi connectivity index (χ1n) is 7.70. The molecule has 0 spiro atoms. The molecule has 0 atom stereocenters. The van der Waals surface area contributed by atoms with Crippen molar-refractivity contribution in [3.8, 4) is 5.75 Å². The molecule has 1 heterocycles. The van der Waals surface area contributed by atoms with E-state index in [1.807, 2.05) is 47.4 Å². The third-order valence-corrected chi connectivity index (χ3v) is 4.03. The van der Waals surface area contributed by atoms with Gasteiger partial charge in [0.15, 0.2) is 0 Å². The molecule has 0 aliphatic carbocycles. The minimum atomic E-state index is -0.0781. The van der Waals surface area contributed by atoms with Crippen LogP contribution in [0.1, 0.15) is 16.7 Å². The van der Waals surface area contributed by atoms with Crippen LogP contribution in [0.15, 0.2) is 54.7 Å². The lowest BCUT2D eigenvalue weighted by atomic mass is 10.0. The minimum absolute atomic E-state index is 0.0781. The molecule has 4 heteroatoms. The van der Waals surface area contributed by atoms with E-state index in [1.165, 1.54) is 11.1 Å². The van der Waals surface area contributed by atoms with Crippen LogP contribution in [0, 0.1) is 0 Å². The van der Waals surface area contributed by atoms with Crippen molar-refractivity contribution in [2.24, 2.45) is 0 Å². The van der Waals surface area contributed by atoms with E-state index in [2.05, 4.69) is 17.4 Å². The lowest BCUT2D eigenvalue weighted by Gasteiger charge is -2.28. The molecule has 1 aliphatic rings. The zero-order valence-electron chi connectivity index (χ0n) is 13.2. The fourth-order valence-electron chi connectivity index (χ4n) is 2.77. The van der Waals surface area contributed by atoms with Crippen LogP contribution < -0.4 is 10.1 Å². The van der Waals surface area contributed by atoms with Gasteiger partial charge in [-0.05, 0) is 29.7 Å². The molecule has 0 radical (unpaired) electrons. The molecule has 4 nitrogen and oxygen atoms in total. The summed E-state index contributed by atoms with van der Waals surface area (Å²) < 4.78 is 5.28. The van der Waals surface area contributed by atoms with Crippen LogP contribution in [0.3, 0.4) is 0 Å². The number of ether oxygens (including phenoxy) is 1. The second-order valence-electron chi connectivity index (χ2n) is 5.47. The van der Waals surface area contributed by atoms with Gasteiger partial charge in [0.2, 0.25) is 0 Å². The predicted molar refractivity (Wildman–Crippen MR) is 91.1 cm³/mol. The molecule has 0 saturated heterocycles. The molecule has 0 bridgehead atoms. The largest absolute Gasteiger partial charge is 0.496 e. The first-order chi connectivity index (χ1) is 11.3. The summed E-state index contributed by atoms with van der Waals surface area (Å²) in [5.74, 6) is 0.782. The van der Waals surface area contributed by atoms with E-state index in [4.69, 9.17) is 4.74 Å². The Bertz CT molecular complexity index is 725. The lowest BCUT2D eigenvalue weighted by molar-refractivity contribution is 0.196. The highest BCUT2D eigenvalue weighted by molar-refractivity contribution is 5.76. The van der Waals surface area contributed by atoms with Crippen LogP contribution in [0.25, 0.3) is 6.08 Å². The summed E-state index contributed by atoms with van der Waals surface area (Å²) in [7, 11) is 1.64. The maximum absolute atomic E-state index is 12.3. The first kappa shape index (κ1) is 15.2. The van der Waals surface area contributed by atoms with Gasteiger partial charge in [-0.1, -0.05) is 42.5 Å². The van der Waals surface area contributed by atoms with Crippen LogP contribution in [0.5, 0.6) is 5.75 Å². The van der Waals surface area contributed by atoms with Gasteiger partial charge in [0.1, 0.15) is 5.75 Å². The molecular formula is C19H20N2O2. The number of nitrogens with zero attached hydrogens (tertiary/aromatic N) is 1. The van der Waals surface area contributed by atoms with Crippen molar-refractivity contribution in [1.29, 1.82) is 0 Å². The first-order valence-corrected chi connectivity index (χ1v) is 7.70. The standard InChI is InChI=1S/C19H20N2O2/c1-23-18-9-5-4-7-16(18)10-12-20-19(22)21-13-11-15-6-2-3-8-17(15)14-21/h2-10,12H,11,13-14H2,1H3,(H,20,22)/b12-10+. The topological polar surface area (TPSA) is 41.6 Å². The van der Waals surface area contributed by atoms with Gasteiger partial charge in [0, 0.05) is 24.9 Å². The van der Waals surface area contributed by atoms with Gasteiger partial charge in [-0.25, -0.2) is 4.79 Å². The summed E-state index contributed by atoms with van der Waals surface area (Å²) in [5, 5.41) is 2.83. The van der Waals surface area contributed by atoms with Gasteiger partial charge >= 0.3 is 6.03 Å². The monoisotopic (exact) mass is 308 g/mol. The van der Waals surface area contributed by atoms with Crippen molar-refractivity contribution in [2.75, 3.05) is 13.7 Å². The molecule has 1 N–H and O–H groups in total. The highest BCUT2D eigenvalue weighted by atomic mass is 16.5. The maximum Gasteiger partial charge on any atom is 0.321 e. The van der Waals surface area contributed by atoms with Gasteiger partial charge in [-0.3, -0.25) is 0 Å². The Balaban J connectivity index is 1.61. The van der Waals surface area contributed by atoms with Crippen LogP contribution in [0.4, 0.5) is 4.79 Å². The highest BCUT2D eigenvalue weighted by Gasteiger charge is 2.19.